The quantitative estimate of drug-likeness (QED) is 0.431. The van der Waals surface area contributed by atoms with Crippen LogP contribution in [0.3, 0.4) is 0 Å². The lowest BCUT2D eigenvalue weighted by Crippen LogP contribution is -2.31. The first-order valence-electron chi connectivity index (χ1n) is 5.67. The molecule has 0 aliphatic carbocycles. The summed E-state index contributed by atoms with van der Waals surface area (Å²) in [4.78, 5) is 22.5. The van der Waals surface area contributed by atoms with Crippen molar-refractivity contribution >= 4 is 12.1 Å². The summed E-state index contributed by atoms with van der Waals surface area (Å²) in [5, 5.41) is 0. The van der Waals surface area contributed by atoms with Crippen molar-refractivity contribution in [2.24, 2.45) is 0 Å². The van der Waals surface area contributed by atoms with E-state index in [-0.39, 0.29) is 6.61 Å². The lowest BCUT2D eigenvalue weighted by atomic mass is 10.1. The van der Waals surface area contributed by atoms with Gasteiger partial charge in [0.25, 0.3) is 0 Å². The molecule has 0 aromatic heterocycles. The minimum atomic E-state index is -1.12. The highest BCUT2D eigenvalue weighted by atomic mass is 16.7. The van der Waals surface area contributed by atoms with Crippen molar-refractivity contribution < 1.29 is 23.8 Å². The molecule has 5 nitrogen and oxygen atoms in total. The molecule has 0 rings (SSSR count). The van der Waals surface area contributed by atoms with Crippen LogP contribution in [0.2, 0.25) is 0 Å². The van der Waals surface area contributed by atoms with Crippen molar-refractivity contribution in [1.29, 1.82) is 0 Å². The van der Waals surface area contributed by atoms with Crippen LogP contribution >= 0.6 is 0 Å². The predicted octanol–water partition coefficient (Wildman–Crippen LogP) is 2.28. The Kier molecular flexibility index (Phi) is 5.70. The van der Waals surface area contributed by atoms with E-state index in [0.29, 0.717) is 0 Å². The minimum absolute atomic E-state index is 0.251. The third-order valence-corrected chi connectivity index (χ3v) is 1.47. The summed E-state index contributed by atoms with van der Waals surface area (Å²) in [5.41, 5.74) is -1.75. The van der Waals surface area contributed by atoms with E-state index in [2.05, 4.69) is 16.6 Å². The highest BCUT2D eigenvalue weighted by Crippen LogP contribution is 2.13. The lowest BCUT2D eigenvalue weighted by Gasteiger charge is -2.23. The van der Waals surface area contributed by atoms with Crippen molar-refractivity contribution in [3.05, 3.63) is 0 Å². The molecule has 0 amide bonds. The zero-order valence-corrected chi connectivity index (χ0v) is 11.7. The molecular weight excluding hydrogens is 236 g/mol. The van der Waals surface area contributed by atoms with Crippen LogP contribution in [0.15, 0.2) is 0 Å². The molecule has 0 spiro atoms. The first-order chi connectivity index (χ1) is 8.06. The molecule has 0 atom stereocenters. The minimum Gasteiger partial charge on any atom is -0.456 e. The van der Waals surface area contributed by atoms with Gasteiger partial charge in [0.05, 0.1) is 6.61 Å². The molecule has 0 radical (unpaired) electrons. The predicted molar refractivity (Wildman–Crippen MR) is 65.8 cm³/mol. The van der Waals surface area contributed by atoms with E-state index in [1.807, 2.05) is 0 Å². The number of ether oxygens (including phenoxy) is 3. The number of rotatable bonds is 2. The Morgan fingerprint density at radius 2 is 1.61 bits per heavy atom. The van der Waals surface area contributed by atoms with Crippen molar-refractivity contribution in [2.45, 2.75) is 52.7 Å². The molecule has 0 aliphatic heterocycles. The summed E-state index contributed by atoms with van der Waals surface area (Å²) < 4.78 is 14.6. The van der Waals surface area contributed by atoms with Crippen molar-refractivity contribution in [1.82, 2.24) is 0 Å². The van der Waals surface area contributed by atoms with Gasteiger partial charge < -0.3 is 14.2 Å². The van der Waals surface area contributed by atoms with Crippen LogP contribution in [0.4, 0.5) is 4.79 Å². The van der Waals surface area contributed by atoms with Gasteiger partial charge in [-0.2, -0.15) is 0 Å². The average molecular weight is 256 g/mol. The van der Waals surface area contributed by atoms with E-state index in [9.17, 15) is 9.59 Å². The van der Waals surface area contributed by atoms with Gasteiger partial charge in [-0.25, -0.2) is 9.59 Å². The smallest absolute Gasteiger partial charge is 0.456 e. The molecule has 0 heterocycles. The lowest BCUT2D eigenvalue weighted by molar-refractivity contribution is -0.136. The van der Waals surface area contributed by atoms with E-state index < -0.39 is 23.3 Å². The fourth-order valence-electron chi connectivity index (χ4n) is 0.873. The van der Waals surface area contributed by atoms with Gasteiger partial charge in [-0.3, -0.25) is 0 Å². The summed E-state index contributed by atoms with van der Waals surface area (Å²) >= 11 is 0. The summed E-state index contributed by atoms with van der Waals surface area (Å²) in [7, 11) is 0. The summed E-state index contributed by atoms with van der Waals surface area (Å²) in [6, 6.07) is 0. The van der Waals surface area contributed by atoms with Gasteiger partial charge in [0.1, 0.15) is 5.60 Å². The SMILES string of the molecule is CCOC(=O)C#CC(C)(C)OC(=O)OC(C)(C)C. The number of hydrogen-bond donors (Lipinski definition) is 0. The zero-order valence-electron chi connectivity index (χ0n) is 11.7. The Hall–Kier alpha value is -1.70. The molecule has 5 heteroatoms. The van der Waals surface area contributed by atoms with E-state index in [4.69, 9.17) is 9.47 Å². The number of carbonyl (C=O) groups excluding carboxylic acids is 2. The Labute approximate surface area is 108 Å². The number of hydrogen-bond acceptors (Lipinski definition) is 5. The van der Waals surface area contributed by atoms with Gasteiger partial charge in [0.15, 0.2) is 5.60 Å². The molecule has 0 unspecified atom stereocenters. The van der Waals surface area contributed by atoms with Gasteiger partial charge >= 0.3 is 12.1 Å². The third-order valence-electron chi connectivity index (χ3n) is 1.47. The van der Waals surface area contributed by atoms with Crippen molar-refractivity contribution in [3.8, 4) is 11.8 Å². The number of esters is 1. The average Bonchev–Trinajstić information content (AvgIpc) is 2.11. The van der Waals surface area contributed by atoms with Crippen LogP contribution in [0, 0.1) is 11.8 Å². The van der Waals surface area contributed by atoms with Crippen LogP contribution in [0.5, 0.6) is 0 Å². The van der Waals surface area contributed by atoms with Crippen LogP contribution < -0.4 is 0 Å². The molecule has 0 saturated carbocycles. The van der Waals surface area contributed by atoms with Crippen LogP contribution in [-0.4, -0.2) is 29.9 Å². The van der Waals surface area contributed by atoms with E-state index >= 15 is 0 Å². The first kappa shape index (κ1) is 16.3. The second-order valence-electron chi connectivity index (χ2n) is 5.05. The standard InChI is InChI=1S/C13H20O5/c1-7-16-10(14)8-9-13(5,6)18-11(15)17-12(2,3)4/h7H2,1-6H3. The molecule has 102 valence electrons. The van der Waals surface area contributed by atoms with Gasteiger partial charge in [-0.05, 0) is 47.5 Å². The highest BCUT2D eigenvalue weighted by molar-refractivity contribution is 5.88. The normalized spacial score (nSPS) is 11.0. The fourth-order valence-corrected chi connectivity index (χ4v) is 0.873. The molecular formula is C13H20O5. The second kappa shape index (κ2) is 6.29. The maximum absolute atomic E-state index is 11.4. The molecule has 0 aromatic rings. The van der Waals surface area contributed by atoms with Gasteiger partial charge in [0.2, 0.25) is 0 Å². The topological polar surface area (TPSA) is 61.8 Å². The van der Waals surface area contributed by atoms with Gasteiger partial charge in [-0.1, -0.05) is 0 Å². The monoisotopic (exact) mass is 256 g/mol. The molecule has 18 heavy (non-hydrogen) atoms. The first-order valence-corrected chi connectivity index (χ1v) is 5.67. The maximum atomic E-state index is 11.4. The Morgan fingerprint density at radius 3 is 2.06 bits per heavy atom. The summed E-state index contributed by atoms with van der Waals surface area (Å²) in [6.45, 7) is 10.2. The van der Waals surface area contributed by atoms with Crippen LogP contribution in [-0.2, 0) is 19.0 Å². The van der Waals surface area contributed by atoms with Gasteiger partial charge in [0, 0.05) is 5.92 Å². The van der Waals surface area contributed by atoms with Crippen LogP contribution in [0.1, 0.15) is 41.5 Å². The van der Waals surface area contributed by atoms with E-state index in [1.165, 1.54) is 0 Å². The summed E-state index contributed by atoms with van der Waals surface area (Å²) in [6.07, 6.45) is -0.828. The van der Waals surface area contributed by atoms with E-state index in [0.717, 1.165) is 0 Å². The molecule has 0 aliphatic rings. The fraction of sp³-hybridized carbons (Fsp3) is 0.692. The molecule has 0 aromatic carbocycles. The zero-order chi connectivity index (χ0) is 14.4. The number of carbonyl (C=O) groups is 2. The maximum Gasteiger partial charge on any atom is 0.510 e. The largest absolute Gasteiger partial charge is 0.510 e. The van der Waals surface area contributed by atoms with Crippen molar-refractivity contribution in [2.75, 3.05) is 6.61 Å². The Morgan fingerprint density at radius 1 is 1.06 bits per heavy atom. The third kappa shape index (κ3) is 8.45. The highest BCUT2D eigenvalue weighted by Gasteiger charge is 2.25. The Balaban J connectivity index is 4.47. The van der Waals surface area contributed by atoms with Gasteiger partial charge in [-0.15, -0.1) is 0 Å². The molecule has 0 N–H and O–H groups in total. The molecule has 0 bridgehead atoms. The Bertz CT molecular complexity index is 365. The summed E-state index contributed by atoms with van der Waals surface area (Å²) in [5.74, 6) is 4.11. The molecule has 0 fully saturated rings. The second-order valence-corrected chi connectivity index (χ2v) is 5.05. The van der Waals surface area contributed by atoms with E-state index in [1.54, 1.807) is 41.5 Å². The van der Waals surface area contributed by atoms with Crippen LogP contribution in [0.25, 0.3) is 0 Å². The van der Waals surface area contributed by atoms with Crippen molar-refractivity contribution in [3.63, 3.8) is 0 Å². The molecule has 0 saturated heterocycles.